The zero-order chi connectivity index (χ0) is 12.2. The zero-order valence-corrected chi connectivity index (χ0v) is 10.7. The van der Waals surface area contributed by atoms with Crippen LogP contribution in [0.25, 0.3) is 0 Å². The van der Waals surface area contributed by atoms with Crippen LogP contribution < -0.4 is 4.72 Å². The van der Waals surface area contributed by atoms with Crippen LogP contribution in [-0.2, 0) is 14.8 Å². The second kappa shape index (κ2) is 5.63. The van der Waals surface area contributed by atoms with Crippen LogP contribution in [0, 0.1) is 0 Å². The van der Waals surface area contributed by atoms with Gasteiger partial charge in [0.2, 0.25) is 10.0 Å². The summed E-state index contributed by atoms with van der Waals surface area (Å²) in [6, 6.07) is 5.84. The fourth-order valence-corrected chi connectivity index (χ4v) is 2.78. The number of nitrogens with one attached hydrogen (secondary N) is 1. The molecule has 1 rings (SSSR count). The van der Waals surface area contributed by atoms with Gasteiger partial charge in [0, 0.05) is 18.2 Å². The molecular formula is C10H14ClNO3S. The van der Waals surface area contributed by atoms with Crippen LogP contribution in [0.5, 0.6) is 0 Å². The van der Waals surface area contributed by atoms with Crippen LogP contribution in [0.3, 0.4) is 0 Å². The molecule has 4 nitrogen and oxygen atoms in total. The maximum atomic E-state index is 11.8. The number of ether oxygens (including phenoxy) is 1. The third kappa shape index (κ3) is 3.75. The first kappa shape index (κ1) is 13.4. The maximum Gasteiger partial charge on any atom is 0.240 e. The summed E-state index contributed by atoms with van der Waals surface area (Å²) in [6.45, 7) is 2.05. The molecule has 16 heavy (non-hydrogen) atoms. The highest BCUT2D eigenvalue weighted by atomic mass is 35.5. The van der Waals surface area contributed by atoms with Gasteiger partial charge in [0.15, 0.2) is 0 Å². The molecule has 0 aliphatic carbocycles. The monoisotopic (exact) mass is 263 g/mol. The average molecular weight is 264 g/mol. The number of benzene rings is 1. The van der Waals surface area contributed by atoms with E-state index >= 15 is 0 Å². The molecule has 1 aromatic carbocycles. The molecule has 0 radical (unpaired) electrons. The lowest BCUT2D eigenvalue weighted by molar-refractivity contribution is 0.180. The van der Waals surface area contributed by atoms with Gasteiger partial charge in [-0.25, -0.2) is 13.1 Å². The van der Waals surface area contributed by atoms with Crippen molar-refractivity contribution in [1.82, 2.24) is 4.72 Å². The molecule has 0 bridgehead atoms. The van der Waals surface area contributed by atoms with E-state index in [-0.39, 0.29) is 10.9 Å². The first-order chi connectivity index (χ1) is 7.45. The molecule has 0 aliphatic rings. The fourth-order valence-electron chi connectivity index (χ4n) is 1.25. The number of methoxy groups -OCH3 is 1. The lowest BCUT2D eigenvalue weighted by Gasteiger charge is -2.13. The summed E-state index contributed by atoms with van der Waals surface area (Å²) in [5.41, 5.74) is 0. The predicted molar refractivity (Wildman–Crippen MR) is 63.1 cm³/mol. The van der Waals surface area contributed by atoms with E-state index in [2.05, 4.69) is 4.72 Å². The molecule has 6 heteroatoms. The van der Waals surface area contributed by atoms with E-state index in [1.54, 1.807) is 19.1 Å². The highest BCUT2D eigenvalue weighted by Gasteiger charge is 2.17. The number of sulfonamides is 1. The largest absolute Gasteiger partial charge is 0.383 e. The molecule has 0 amide bonds. The number of halogens is 1. The Morgan fingerprint density at radius 1 is 1.50 bits per heavy atom. The van der Waals surface area contributed by atoms with Crippen LogP contribution in [0.2, 0.25) is 5.02 Å². The SMILES string of the molecule is COCC(C)NS(=O)(=O)c1cccc(Cl)c1. The summed E-state index contributed by atoms with van der Waals surface area (Å²) in [5.74, 6) is 0. The molecule has 90 valence electrons. The highest BCUT2D eigenvalue weighted by Crippen LogP contribution is 2.15. The van der Waals surface area contributed by atoms with Gasteiger partial charge in [0.05, 0.1) is 11.5 Å². The second-order valence-corrected chi connectivity index (χ2v) is 5.59. The van der Waals surface area contributed by atoms with Gasteiger partial charge in [-0.05, 0) is 25.1 Å². The molecule has 1 unspecified atom stereocenters. The molecule has 1 N–H and O–H groups in total. The molecule has 1 atom stereocenters. The lowest BCUT2D eigenvalue weighted by atomic mass is 10.4. The van der Waals surface area contributed by atoms with E-state index in [9.17, 15) is 8.42 Å². The van der Waals surface area contributed by atoms with Gasteiger partial charge in [0.1, 0.15) is 0 Å². The van der Waals surface area contributed by atoms with Crippen molar-refractivity contribution in [2.45, 2.75) is 17.9 Å². The number of hydrogen-bond acceptors (Lipinski definition) is 3. The van der Waals surface area contributed by atoms with E-state index in [1.807, 2.05) is 0 Å². The van der Waals surface area contributed by atoms with E-state index in [0.29, 0.717) is 11.6 Å². The minimum absolute atomic E-state index is 0.156. The van der Waals surface area contributed by atoms with Crippen LogP contribution in [-0.4, -0.2) is 28.2 Å². The van der Waals surface area contributed by atoms with E-state index in [1.165, 1.54) is 19.2 Å². The minimum Gasteiger partial charge on any atom is -0.383 e. The normalized spacial score (nSPS) is 13.7. The lowest BCUT2D eigenvalue weighted by Crippen LogP contribution is -2.35. The zero-order valence-electron chi connectivity index (χ0n) is 9.10. The van der Waals surface area contributed by atoms with Crippen LogP contribution >= 0.6 is 11.6 Å². The van der Waals surface area contributed by atoms with Crippen LogP contribution in [0.1, 0.15) is 6.92 Å². The standard InChI is InChI=1S/C10H14ClNO3S/c1-8(7-15-2)12-16(13,14)10-5-3-4-9(11)6-10/h3-6,8,12H,7H2,1-2H3. The van der Waals surface area contributed by atoms with Crippen LogP contribution in [0.15, 0.2) is 29.2 Å². The molecule has 0 fully saturated rings. The summed E-state index contributed by atoms with van der Waals surface area (Å²) in [4.78, 5) is 0.156. The van der Waals surface area contributed by atoms with E-state index in [0.717, 1.165) is 0 Å². The Bertz CT molecular complexity index is 447. The quantitative estimate of drug-likeness (QED) is 0.879. The Morgan fingerprint density at radius 3 is 2.75 bits per heavy atom. The van der Waals surface area contributed by atoms with Gasteiger partial charge < -0.3 is 4.74 Å². The first-order valence-electron chi connectivity index (χ1n) is 4.72. The van der Waals surface area contributed by atoms with Gasteiger partial charge in [0.25, 0.3) is 0 Å². The Morgan fingerprint density at radius 2 is 2.19 bits per heavy atom. The van der Waals surface area contributed by atoms with Crippen molar-refractivity contribution in [3.8, 4) is 0 Å². The average Bonchev–Trinajstić information content (AvgIpc) is 2.17. The molecule has 0 aromatic heterocycles. The maximum absolute atomic E-state index is 11.8. The summed E-state index contributed by atoms with van der Waals surface area (Å²) < 4.78 is 31.0. The van der Waals surface area contributed by atoms with Gasteiger partial charge >= 0.3 is 0 Å². The molecule has 0 spiro atoms. The van der Waals surface area contributed by atoms with Crippen molar-refractivity contribution in [3.63, 3.8) is 0 Å². The van der Waals surface area contributed by atoms with Gasteiger partial charge in [-0.15, -0.1) is 0 Å². The highest BCUT2D eigenvalue weighted by molar-refractivity contribution is 7.89. The van der Waals surface area contributed by atoms with E-state index < -0.39 is 10.0 Å². The van der Waals surface area contributed by atoms with Gasteiger partial charge in [-0.1, -0.05) is 17.7 Å². The molecule has 0 heterocycles. The minimum atomic E-state index is -3.52. The van der Waals surface area contributed by atoms with Crippen molar-refractivity contribution >= 4 is 21.6 Å². The Hall–Kier alpha value is -0.620. The Labute approximate surface area is 101 Å². The fraction of sp³-hybridized carbons (Fsp3) is 0.400. The summed E-state index contributed by atoms with van der Waals surface area (Å²) in [5, 5.41) is 0.391. The smallest absolute Gasteiger partial charge is 0.240 e. The Kier molecular flexibility index (Phi) is 4.73. The van der Waals surface area contributed by atoms with Crippen molar-refractivity contribution in [1.29, 1.82) is 0 Å². The predicted octanol–water partition coefficient (Wildman–Crippen LogP) is 1.65. The first-order valence-corrected chi connectivity index (χ1v) is 6.58. The van der Waals surface area contributed by atoms with E-state index in [4.69, 9.17) is 16.3 Å². The summed E-state index contributed by atoms with van der Waals surface area (Å²) >= 11 is 5.73. The summed E-state index contributed by atoms with van der Waals surface area (Å²) in [6.07, 6.45) is 0. The summed E-state index contributed by atoms with van der Waals surface area (Å²) in [7, 11) is -2.00. The van der Waals surface area contributed by atoms with Gasteiger partial charge in [-0.2, -0.15) is 0 Å². The van der Waals surface area contributed by atoms with Crippen molar-refractivity contribution < 1.29 is 13.2 Å². The third-order valence-corrected chi connectivity index (χ3v) is 3.70. The number of rotatable bonds is 5. The molecular weight excluding hydrogens is 250 g/mol. The topological polar surface area (TPSA) is 55.4 Å². The third-order valence-electron chi connectivity index (χ3n) is 1.88. The van der Waals surface area contributed by atoms with Crippen molar-refractivity contribution in [2.75, 3.05) is 13.7 Å². The molecule has 0 aliphatic heterocycles. The number of hydrogen-bond donors (Lipinski definition) is 1. The second-order valence-electron chi connectivity index (χ2n) is 3.44. The molecule has 1 aromatic rings. The van der Waals surface area contributed by atoms with Crippen LogP contribution in [0.4, 0.5) is 0 Å². The molecule has 0 saturated heterocycles. The van der Waals surface area contributed by atoms with Crippen molar-refractivity contribution in [3.05, 3.63) is 29.3 Å². The van der Waals surface area contributed by atoms with Gasteiger partial charge in [-0.3, -0.25) is 0 Å². The molecule has 0 saturated carbocycles. The Balaban J connectivity index is 2.86. The van der Waals surface area contributed by atoms with Crippen molar-refractivity contribution in [2.24, 2.45) is 0 Å².